The van der Waals surface area contributed by atoms with Crippen LogP contribution in [0.3, 0.4) is 0 Å². The Balaban J connectivity index is 2.49. The average molecular weight is 229 g/mol. The van der Waals surface area contributed by atoms with Gasteiger partial charge in [0.2, 0.25) is 0 Å². The molecule has 3 nitrogen and oxygen atoms in total. The lowest BCUT2D eigenvalue weighted by Gasteiger charge is -2.30. The molecular formula is C11H17F2N3. The molecular weight excluding hydrogens is 212 g/mol. The third-order valence-electron chi connectivity index (χ3n) is 3.56. The highest BCUT2D eigenvalue weighted by Gasteiger charge is 2.56. The normalized spacial score (nSPS) is 19.2. The number of nitrogens with zero attached hydrogens (tertiary/aromatic N) is 2. The number of hydrogen-bond acceptors (Lipinski definition) is 2. The summed E-state index contributed by atoms with van der Waals surface area (Å²) in [7, 11) is 1.66. The first kappa shape index (κ1) is 11.5. The van der Waals surface area contributed by atoms with E-state index in [4.69, 9.17) is 5.73 Å². The highest BCUT2D eigenvalue weighted by Crippen LogP contribution is 2.56. The van der Waals surface area contributed by atoms with Gasteiger partial charge in [-0.3, -0.25) is 4.68 Å². The summed E-state index contributed by atoms with van der Waals surface area (Å²) in [6.45, 7) is 3.78. The van der Waals surface area contributed by atoms with E-state index in [1.807, 2.05) is 13.8 Å². The topological polar surface area (TPSA) is 43.8 Å². The zero-order chi connectivity index (χ0) is 12.1. The maximum Gasteiger partial charge on any atom is 0.282 e. The molecule has 1 saturated carbocycles. The molecule has 90 valence electrons. The smallest absolute Gasteiger partial charge is 0.282 e. The van der Waals surface area contributed by atoms with Crippen molar-refractivity contribution in [2.24, 2.45) is 12.8 Å². The van der Waals surface area contributed by atoms with E-state index in [0.717, 1.165) is 12.8 Å². The quantitative estimate of drug-likeness (QED) is 0.862. The zero-order valence-corrected chi connectivity index (χ0v) is 9.80. The molecule has 0 atom stereocenters. The third-order valence-corrected chi connectivity index (χ3v) is 3.56. The van der Waals surface area contributed by atoms with E-state index in [2.05, 4.69) is 5.10 Å². The monoisotopic (exact) mass is 229 g/mol. The molecule has 0 aliphatic heterocycles. The summed E-state index contributed by atoms with van der Waals surface area (Å²) < 4.78 is 27.2. The van der Waals surface area contributed by atoms with Crippen molar-refractivity contribution in [3.63, 3.8) is 0 Å². The number of alkyl halides is 2. The Hall–Kier alpha value is -0.970. The summed E-state index contributed by atoms with van der Waals surface area (Å²) in [5, 5.41) is 3.84. The van der Waals surface area contributed by atoms with E-state index in [9.17, 15) is 8.78 Å². The van der Waals surface area contributed by atoms with E-state index in [1.165, 1.54) is 4.68 Å². The molecule has 2 N–H and O–H groups in total. The lowest BCUT2D eigenvalue weighted by Crippen LogP contribution is -2.45. The minimum absolute atomic E-state index is 0.112. The van der Waals surface area contributed by atoms with Crippen molar-refractivity contribution >= 4 is 0 Å². The van der Waals surface area contributed by atoms with Crippen LogP contribution in [0.1, 0.15) is 44.4 Å². The minimum atomic E-state index is -2.53. The van der Waals surface area contributed by atoms with Gasteiger partial charge >= 0.3 is 0 Å². The zero-order valence-electron chi connectivity index (χ0n) is 9.80. The van der Waals surface area contributed by atoms with Crippen LogP contribution in [-0.2, 0) is 12.5 Å². The molecule has 1 fully saturated rings. The van der Waals surface area contributed by atoms with Crippen molar-refractivity contribution in [2.45, 2.75) is 44.1 Å². The molecule has 0 bridgehead atoms. The molecule has 0 unspecified atom stereocenters. The number of hydrogen-bond donors (Lipinski definition) is 1. The van der Waals surface area contributed by atoms with Crippen molar-refractivity contribution in [1.29, 1.82) is 0 Å². The van der Waals surface area contributed by atoms with Crippen LogP contribution in [0.4, 0.5) is 8.78 Å². The first-order chi connectivity index (χ1) is 7.28. The van der Waals surface area contributed by atoms with Crippen LogP contribution in [0.25, 0.3) is 0 Å². The second-order valence-corrected chi connectivity index (χ2v) is 5.21. The first-order valence-corrected chi connectivity index (χ1v) is 5.39. The fourth-order valence-electron chi connectivity index (χ4n) is 2.42. The standard InChI is InChI=1S/C11H17F2N3/c1-10(2,14)11(4-5-11)7-6-16(3)15-8(7)9(12)13/h6,9H,4-5,14H2,1-3H3. The van der Waals surface area contributed by atoms with E-state index >= 15 is 0 Å². The Morgan fingerprint density at radius 2 is 2.06 bits per heavy atom. The van der Waals surface area contributed by atoms with Crippen molar-refractivity contribution in [2.75, 3.05) is 0 Å². The van der Waals surface area contributed by atoms with E-state index in [-0.39, 0.29) is 11.1 Å². The largest absolute Gasteiger partial charge is 0.325 e. The van der Waals surface area contributed by atoms with Crippen LogP contribution in [-0.4, -0.2) is 15.3 Å². The highest BCUT2D eigenvalue weighted by atomic mass is 19.3. The second-order valence-electron chi connectivity index (χ2n) is 5.21. The first-order valence-electron chi connectivity index (χ1n) is 5.39. The van der Waals surface area contributed by atoms with Crippen LogP contribution >= 0.6 is 0 Å². The summed E-state index contributed by atoms with van der Waals surface area (Å²) in [6, 6.07) is 0. The average Bonchev–Trinajstić information content (AvgIpc) is 2.84. The van der Waals surface area contributed by atoms with Gasteiger partial charge in [-0.15, -0.1) is 0 Å². The molecule has 0 amide bonds. The van der Waals surface area contributed by atoms with Crippen molar-refractivity contribution in [1.82, 2.24) is 9.78 Å². The Labute approximate surface area is 93.6 Å². The summed E-state index contributed by atoms with van der Waals surface area (Å²) in [5.41, 5.74) is 5.82. The van der Waals surface area contributed by atoms with E-state index in [0.29, 0.717) is 5.56 Å². The maximum atomic E-state index is 12.9. The van der Waals surface area contributed by atoms with E-state index < -0.39 is 12.0 Å². The molecule has 2 rings (SSSR count). The molecule has 0 radical (unpaired) electrons. The second kappa shape index (κ2) is 3.26. The molecule has 1 aliphatic rings. The Morgan fingerprint density at radius 1 is 1.50 bits per heavy atom. The number of halogens is 2. The lowest BCUT2D eigenvalue weighted by molar-refractivity contribution is 0.142. The van der Waals surface area contributed by atoms with Crippen LogP contribution in [0.15, 0.2) is 6.20 Å². The summed E-state index contributed by atoms with van der Waals surface area (Å²) in [5.74, 6) is 0. The predicted octanol–water partition coefficient (Wildman–Crippen LogP) is 2.13. The van der Waals surface area contributed by atoms with Gasteiger partial charge in [-0.2, -0.15) is 5.10 Å². The molecule has 1 aromatic rings. The summed E-state index contributed by atoms with van der Waals surface area (Å²) in [4.78, 5) is 0. The molecule has 0 aromatic carbocycles. The number of aromatic nitrogens is 2. The van der Waals surface area contributed by atoms with Gasteiger partial charge in [0.1, 0.15) is 5.69 Å². The van der Waals surface area contributed by atoms with Gasteiger partial charge in [0, 0.05) is 29.8 Å². The van der Waals surface area contributed by atoms with Crippen LogP contribution < -0.4 is 5.73 Å². The SMILES string of the molecule is Cn1cc(C2(C(C)(C)N)CC2)c(C(F)F)n1. The molecule has 16 heavy (non-hydrogen) atoms. The van der Waals surface area contributed by atoms with Gasteiger partial charge in [-0.25, -0.2) is 8.78 Å². The van der Waals surface area contributed by atoms with Gasteiger partial charge in [-0.1, -0.05) is 0 Å². The van der Waals surface area contributed by atoms with Gasteiger partial charge in [0.15, 0.2) is 0 Å². The van der Waals surface area contributed by atoms with Crippen LogP contribution in [0, 0.1) is 0 Å². The molecule has 5 heteroatoms. The van der Waals surface area contributed by atoms with Crippen LogP contribution in [0.2, 0.25) is 0 Å². The van der Waals surface area contributed by atoms with Crippen molar-refractivity contribution < 1.29 is 8.78 Å². The molecule has 0 spiro atoms. The maximum absolute atomic E-state index is 12.9. The summed E-state index contributed by atoms with van der Waals surface area (Å²) in [6.07, 6.45) is 0.878. The fraction of sp³-hybridized carbons (Fsp3) is 0.727. The van der Waals surface area contributed by atoms with E-state index in [1.54, 1.807) is 13.2 Å². The molecule has 1 aromatic heterocycles. The predicted molar refractivity (Wildman–Crippen MR) is 57.3 cm³/mol. The van der Waals surface area contributed by atoms with Crippen LogP contribution in [0.5, 0.6) is 0 Å². The number of nitrogens with two attached hydrogens (primary N) is 1. The minimum Gasteiger partial charge on any atom is -0.325 e. The highest BCUT2D eigenvalue weighted by molar-refractivity contribution is 5.38. The van der Waals surface area contributed by atoms with Gasteiger partial charge in [-0.05, 0) is 26.7 Å². The third kappa shape index (κ3) is 1.54. The lowest BCUT2D eigenvalue weighted by atomic mass is 9.79. The Bertz CT molecular complexity index is 400. The van der Waals surface area contributed by atoms with Gasteiger partial charge < -0.3 is 5.73 Å². The van der Waals surface area contributed by atoms with Crippen molar-refractivity contribution in [3.05, 3.63) is 17.5 Å². The molecule has 1 heterocycles. The van der Waals surface area contributed by atoms with Gasteiger partial charge in [0.05, 0.1) is 0 Å². The Morgan fingerprint density at radius 3 is 2.44 bits per heavy atom. The molecule has 1 aliphatic carbocycles. The fourth-order valence-corrected chi connectivity index (χ4v) is 2.42. The van der Waals surface area contributed by atoms with Crippen molar-refractivity contribution in [3.8, 4) is 0 Å². The number of rotatable bonds is 3. The summed E-state index contributed by atoms with van der Waals surface area (Å²) >= 11 is 0. The Kier molecular flexibility index (Phi) is 2.35. The molecule has 0 saturated heterocycles. The van der Waals surface area contributed by atoms with Gasteiger partial charge in [0.25, 0.3) is 6.43 Å². The number of aryl methyl sites for hydroxylation is 1.